The highest BCUT2D eigenvalue weighted by molar-refractivity contribution is 7.15. The largest absolute Gasteiger partial charge is 0.477 e. The van der Waals surface area contributed by atoms with Gasteiger partial charge in [0.2, 0.25) is 0 Å². The molecule has 0 amide bonds. The van der Waals surface area contributed by atoms with Gasteiger partial charge < -0.3 is 14.7 Å². The molecule has 1 aliphatic rings. The fourth-order valence-corrected chi connectivity index (χ4v) is 2.41. The van der Waals surface area contributed by atoms with Crippen LogP contribution in [0.3, 0.4) is 0 Å². The first kappa shape index (κ1) is 10.2. The smallest absolute Gasteiger partial charge is 0.349 e. The summed E-state index contributed by atoms with van der Waals surface area (Å²) in [6.07, 6.45) is 2.19. The highest BCUT2D eigenvalue weighted by Crippen LogP contribution is 2.32. The molecule has 0 aromatic carbocycles. The average molecular weight is 228 g/mol. The molecule has 5 nitrogen and oxygen atoms in total. The van der Waals surface area contributed by atoms with Crippen molar-refractivity contribution in [2.24, 2.45) is 0 Å². The van der Waals surface area contributed by atoms with Crippen LogP contribution in [-0.2, 0) is 0 Å². The number of hydrogen-bond donors (Lipinski definition) is 1. The minimum absolute atomic E-state index is 0.272. The van der Waals surface area contributed by atoms with Crippen molar-refractivity contribution in [3.05, 3.63) is 4.88 Å². The molecule has 2 rings (SSSR count). The van der Waals surface area contributed by atoms with Crippen molar-refractivity contribution in [3.63, 3.8) is 0 Å². The molecule has 1 aliphatic heterocycles. The minimum Gasteiger partial charge on any atom is -0.477 e. The Morgan fingerprint density at radius 3 is 2.73 bits per heavy atom. The Balaban J connectivity index is 2.34. The van der Waals surface area contributed by atoms with Gasteiger partial charge in [-0.05, 0) is 12.8 Å². The summed E-state index contributed by atoms with van der Waals surface area (Å²) >= 11 is 1.08. The molecular weight excluding hydrogens is 216 g/mol. The number of methoxy groups -OCH3 is 1. The van der Waals surface area contributed by atoms with E-state index in [0.717, 1.165) is 37.3 Å². The van der Waals surface area contributed by atoms with Gasteiger partial charge in [0.25, 0.3) is 5.19 Å². The summed E-state index contributed by atoms with van der Waals surface area (Å²) in [5.74, 6) is -0.375. The number of ether oxygens (including phenoxy) is 1. The number of anilines is 1. The lowest BCUT2D eigenvalue weighted by Gasteiger charge is -2.14. The summed E-state index contributed by atoms with van der Waals surface area (Å²) in [5, 5.41) is 9.43. The number of nitrogens with zero attached hydrogens (tertiary/aromatic N) is 2. The van der Waals surface area contributed by atoms with E-state index < -0.39 is 5.97 Å². The molecule has 2 heterocycles. The van der Waals surface area contributed by atoms with Gasteiger partial charge in [0.05, 0.1) is 7.11 Å². The Bertz CT molecular complexity index is 371. The van der Waals surface area contributed by atoms with Gasteiger partial charge >= 0.3 is 5.97 Å². The number of carbonyl (C=O) groups is 1. The molecule has 1 saturated heterocycles. The first-order valence-corrected chi connectivity index (χ1v) is 5.57. The van der Waals surface area contributed by atoms with Crippen LogP contribution in [0.5, 0.6) is 5.19 Å². The van der Waals surface area contributed by atoms with Crippen molar-refractivity contribution >= 4 is 23.1 Å². The molecule has 1 aromatic rings. The predicted octanol–water partition coefficient (Wildman–Crippen LogP) is 1.45. The average Bonchev–Trinajstić information content (AvgIpc) is 2.86. The molecule has 1 aromatic heterocycles. The zero-order chi connectivity index (χ0) is 10.8. The van der Waals surface area contributed by atoms with Crippen LogP contribution in [0.2, 0.25) is 0 Å². The highest BCUT2D eigenvalue weighted by Gasteiger charge is 2.24. The Kier molecular flexibility index (Phi) is 2.77. The van der Waals surface area contributed by atoms with Crippen LogP contribution < -0.4 is 9.64 Å². The quantitative estimate of drug-likeness (QED) is 0.848. The topological polar surface area (TPSA) is 62.7 Å². The highest BCUT2D eigenvalue weighted by atomic mass is 32.1. The SMILES string of the molecule is COc1nc(N2CCCC2)c(C(=O)O)s1. The fourth-order valence-electron chi connectivity index (χ4n) is 1.66. The van der Waals surface area contributed by atoms with Crippen molar-refractivity contribution in [1.29, 1.82) is 0 Å². The molecule has 82 valence electrons. The summed E-state index contributed by atoms with van der Waals surface area (Å²) in [6.45, 7) is 1.76. The van der Waals surface area contributed by atoms with Gasteiger partial charge in [0.1, 0.15) is 0 Å². The third kappa shape index (κ3) is 1.90. The van der Waals surface area contributed by atoms with E-state index in [1.165, 1.54) is 7.11 Å². The number of hydrogen-bond acceptors (Lipinski definition) is 5. The molecular formula is C9H12N2O3S. The predicted molar refractivity (Wildman–Crippen MR) is 57.1 cm³/mol. The van der Waals surface area contributed by atoms with E-state index in [-0.39, 0.29) is 4.88 Å². The number of rotatable bonds is 3. The van der Waals surface area contributed by atoms with Crippen molar-refractivity contribution in [3.8, 4) is 5.19 Å². The second-order valence-corrected chi connectivity index (χ2v) is 4.30. The molecule has 0 radical (unpaired) electrons. The second-order valence-electron chi connectivity index (χ2n) is 3.34. The van der Waals surface area contributed by atoms with Crippen LogP contribution in [0.25, 0.3) is 0 Å². The van der Waals surface area contributed by atoms with E-state index >= 15 is 0 Å². The van der Waals surface area contributed by atoms with Crippen molar-refractivity contribution < 1.29 is 14.6 Å². The van der Waals surface area contributed by atoms with Crippen LogP contribution in [0.1, 0.15) is 22.5 Å². The Labute approximate surface area is 91.3 Å². The van der Waals surface area contributed by atoms with E-state index in [0.29, 0.717) is 11.0 Å². The van der Waals surface area contributed by atoms with Crippen LogP contribution in [0, 0.1) is 0 Å². The Hall–Kier alpha value is -1.30. The lowest BCUT2D eigenvalue weighted by atomic mass is 10.4. The maximum absolute atomic E-state index is 11.0. The molecule has 0 saturated carbocycles. The summed E-state index contributed by atoms with van der Waals surface area (Å²) in [7, 11) is 1.50. The van der Waals surface area contributed by atoms with E-state index in [2.05, 4.69) is 4.98 Å². The van der Waals surface area contributed by atoms with Gasteiger partial charge in [-0.3, -0.25) is 0 Å². The second kappa shape index (κ2) is 4.06. The zero-order valence-corrected chi connectivity index (χ0v) is 9.21. The Morgan fingerprint density at radius 2 is 2.20 bits per heavy atom. The first-order valence-electron chi connectivity index (χ1n) is 4.75. The van der Waals surface area contributed by atoms with Gasteiger partial charge in [-0.1, -0.05) is 11.3 Å². The number of aromatic nitrogens is 1. The van der Waals surface area contributed by atoms with E-state index in [4.69, 9.17) is 9.84 Å². The number of carboxylic acids is 1. The van der Waals surface area contributed by atoms with Crippen molar-refractivity contribution in [2.45, 2.75) is 12.8 Å². The monoisotopic (exact) mass is 228 g/mol. The molecule has 0 unspecified atom stereocenters. The van der Waals surface area contributed by atoms with Crippen LogP contribution in [0.15, 0.2) is 0 Å². The van der Waals surface area contributed by atoms with Crippen LogP contribution >= 0.6 is 11.3 Å². The van der Waals surface area contributed by atoms with Gasteiger partial charge in [-0.25, -0.2) is 4.79 Å². The summed E-state index contributed by atoms with van der Waals surface area (Å²) in [4.78, 5) is 17.4. The summed E-state index contributed by atoms with van der Waals surface area (Å²) < 4.78 is 4.96. The molecule has 0 spiro atoms. The fraction of sp³-hybridized carbons (Fsp3) is 0.556. The van der Waals surface area contributed by atoms with Crippen molar-refractivity contribution in [2.75, 3.05) is 25.1 Å². The minimum atomic E-state index is -0.933. The van der Waals surface area contributed by atoms with Gasteiger partial charge in [-0.15, -0.1) is 0 Å². The normalized spacial score (nSPS) is 15.7. The summed E-state index contributed by atoms with van der Waals surface area (Å²) in [5.41, 5.74) is 0. The van der Waals surface area contributed by atoms with Crippen LogP contribution in [0.4, 0.5) is 5.82 Å². The number of thiazole rings is 1. The molecule has 0 bridgehead atoms. The van der Waals surface area contributed by atoms with E-state index in [1.54, 1.807) is 0 Å². The van der Waals surface area contributed by atoms with Gasteiger partial charge in [0, 0.05) is 13.1 Å². The molecule has 0 atom stereocenters. The molecule has 1 fully saturated rings. The van der Waals surface area contributed by atoms with Crippen molar-refractivity contribution in [1.82, 2.24) is 4.98 Å². The first-order chi connectivity index (χ1) is 7.22. The third-order valence-electron chi connectivity index (χ3n) is 2.36. The molecule has 0 aliphatic carbocycles. The third-order valence-corrected chi connectivity index (χ3v) is 3.36. The standard InChI is InChI=1S/C9H12N2O3S/c1-14-9-10-7(6(15-9)8(12)13)11-4-2-3-5-11/h2-5H2,1H3,(H,12,13). The van der Waals surface area contributed by atoms with E-state index in [1.807, 2.05) is 4.90 Å². The Morgan fingerprint density at radius 1 is 1.53 bits per heavy atom. The lowest BCUT2D eigenvalue weighted by Crippen LogP contribution is -2.20. The van der Waals surface area contributed by atoms with Gasteiger partial charge in [0.15, 0.2) is 10.7 Å². The molecule has 6 heteroatoms. The lowest BCUT2D eigenvalue weighted by molar-refractivity contribution is 0.0702. The van der Waals surface area contributed by atoms with E-state index in [9.17, 15) is 4.79 Å². The molecule has 15 heavy (non-hydrogen) atoms. The summed E-state index contributed by atoms with van der Waals surface area (Å²) in [6, 6.07) is 0. The van der Waals surface area contributed by atoms with Gasteiger partial charge in [-0.2, -0.15) is 4.98 Å². The number of carboxylic acid groups (broad SMARTS) is 1. The maximum atomic E-state index is 11.0. The zero-order valence-electron chi connectivity index (χ0n) is 8.39. The molecule has 1 N–H and O–H groups in total. The van der Waals surface area contributed by atoms with Crippen LogP contribution in [-0.4, -0.2) is 36.3 Å². The number of aromatic carboxylic acids is 1. The maximum Gasteiger partial charge on any atom is 0.349 e.